The van der Waals surface area contributed by atoms with Crippen molar-refractivity contribution < 1.29 is 5.11 Å². The molecule has 1 rings (SSSR count). The molecule has 1 aromatic rings. The molecule has 3 heteroatoms. The van der Waals surface area contributed by atoms with Crippen LogP contribution in [0.5, 0.6) is 5.75 Å². The first-order valence-electron chi connectivity index (χ1n) is 5.29. The summed E-state index contributed by atoms with van der Waals surface area (Å²) in [5.74, 6) is 0.349. The maximum atomic E-state index is 9.73. The molecule has 0 aliphatic heterocycles. The quantitative estimate of drug-likeness (QED) is 0.877. The van der Waals surface area contributed by atoms with Gasteiger partial charge < -0.3 is 10.4 Å². The number of hydrogen-bond acceptors (Lipinski definition) is 2. The highest BCUT2D eigenvalue weighted by Gasteiger charge is 2.12. The lowest BCUT2D eigenvalue weighted by Crippen LogP contribution is -2.28. The van der Waals surface area contributed by atoms with Gasteiger partial charge in [-0.2, -0.15) is 0 Å². The number of rotatable bonds is 4. The third-order valence-corrected chi connectivity index (χ3v) is 3.10. The van der Waals surface area contributed by atoms with Crippen LogP contribution in [-0.2, 0) is 0 Å². The molecule has 2 unspecified atom stereocenters. The van der Waals surface area contributed by atoms with Gasteiger partial charge in [-0.1, -0.05) is 22.9 Å². The van der Waals surface area contributed by atoms with E-state index < -0.39 is 0 Å². The van der Waals surface area contributed by atoms with Gasteiger partial charge in [-0.05, 0) is 38.5 Å². The summed E-state index contributed by atoms with van der Waals surface area (Å²) in [6.45, 7) is 6.35. The fourth-order valence-electron chi connectivity index (χ4n) is 1.51. The molecule has 0 aromatic heterocycles. The van der Waals surface area contributed by atoms with E-state index in [1.807, 2.05) is 12.1 Å². The molecule has 0 amide bonds. The van der Waals surface area contributed by atoms with Crippen LogP contribution in [0.2, 0.25) is 0 Å². The third kappa shape index (κ3) is 3.50. The minimum Gasteiger partial charge on any atom is -0.508 e. The molecule has 0 radical (unpaired) electrons. The van der Waals surface area contributed by atoms with Crippen molar-refractivity contribution in [1.29, 1.82) is 0 Å². The first kappa shape index (κ1) is 12.5. The van der Waals surface area contributed by atoms with E-state index in [0.29, 0.717) is 11.8 Å². The number of phenolic OH excluding ortho intramolecular Hbond substituents is 1. The fraction of sp³-hybridized carbons (Fsp3) is 0.500. The summed E-state index contributed by atoms with van der Waals surface area (Å²) in [5.41, 5.74) is 0.935. The van der Waals surface area contributed by atoms with E-state index in [1.54, 1.807) is 6.07 Å². The van der Waals surface area contributed by atoms with Gasteiger partial charge in [0.15, 0.2) is 0 Å². The van der Waals surface area contributed by atoms with Gasteiger partial charge in [0, 0.05) is 22.1 Å². The predicted molar refractivity (Wildman–Crippen MR) is 67.1 cm³/mol. The van der Waals surface area contributed by atoms with E-state index in [0.717, 1.165) is 16.5 Å². The minimum atomic E-state index is 0.164. The highest BCUT2D eigenvalue weighted by atomic mass is 79.9. The Bertz CT molecular complexity index is 327. The highest BCUT2D eigenvalue weighted by Crippen LogP contribution is 2.27. The summed E-state index contributed by atoms with van der Waals surface area (Å²) in [7, 11) is 0. The first-order valence-corrected chi connectivity index (χ1v) is 6.08. The predicted octanol–water partition coefficient (Wildman–Crippen LogP) is 3.60. The Balaban J connectivity index is 2.80. The SMILES string of the molecule is CCC(C)NC(C)c1cc(Br)ccc1O. The van der Waals surface area contributed by atoms with Crippen molar-refractivity contribution in [2.75, 3.05) is 0 Å². The Hall–Kier alpha value is -0.540. The van der Waals surface area contributed by atoms with Crippen LogP contribution in [0, 0.1) is 0 Å². The number of nitrogens with one attached hydrogen (secondary N) is 1. The van der Waals surface area contributed by atoms with Gasteiger partial charge in [0.2, 0.25) is 0 Å². The zero-order valence-corrected chi connectivity index (χ0v) is 11.0. The second kappa shape index (κ2) is 5.52. The first-order chi connectivity index (χ1) is 7.04. The molecule has 2 atom stereocenters. The van der Waals surface area contributed by atoms with Crippen LogP contribution >= 0.6 is 15.9 Å². The Morgan fingerprint density at radius 2 is 2.07 bits per heavy atom. The molecular weight excluding hydrogens is 254 g/mol. The van der Waals surface area contributed by atoms with Crippen molar-refractivity contribution in [3.05, 3.63) is 28.2 Å². The largest absolute Gasteiger partial charge is 0.508 e. The summed E-state index contributed by atoms with van der Waals surface area (Å²) >= 11 is 3.41. The topological polar surface area (TPSA) is 32.3 Å². The normalized spacial score (nSPS) is 14.9. The number of aromatic hydroxyl groups is 1. The zero-order valence-electron chi connectivity index (χ0n) is 9.42. The Morgan fingerprint density at radius 3 is 2.67 bits per heavy atom. The molecule has 2 nitrogen and oxygen atoms in total. The fourth-order valence-corrected chi connectivity index (χ4v) is 1.89. The number of phenols is 1. The van der Waals surface area contributed by atoms with Gasteiger partial charge in [0.25, 0.3) is 0 Å². The van der Waals surface area contributed by atoms with Crippen LogP contribution in [0.15, 0.2) is 22.7 Å². The molecular formula is C12H18BrNO. The van der Waals surface area contributed by atoms with Crippen LogP contribution < -0.4 is 5.32 Å². The molecule has 0 aliphatic carbocycles. The van der Waals surface area contributed by atoms with Gasteiger partial charge in [-0.3, -0.25) is 0 Å². The number of benzene rings is 1. The molecule has 15 heavy (non-hydrogen) atoms. The molecule has 0 saturated carbocycles. The Kier molecular flexibility index (Phi) is 4.61. The lowest BCUT2D eigenvalue weighted by atomic mass is 10.1. The molecule has 1 aromatic carbocycles. The summed E-state index contributed by atoms with van der Waals surface area (Å²) in [6.07, 6.45) is 1.08. The van der Waals surface area contributed by atoms with E-state index in [1.165, 1.54) is 0 Å². The summed E-state index contributed by atoms with van der Waals surface area (Å²) in [6, 6.07) is 6.13. The summed E-state index contributed by atoms with van der Waals surface area (Å²) in [5, 5.41) is 13.2. The third-order valence-electron chi connectivity index (χ3n) is 2.60. The van der Waals surface area contributed by atoms with Gasteiger partial charge in [-0.25, -0.2) is 0 Å². The molecule has 0 heterocycles. The second-order valence-corrected chi connectivity index (χ2v) is 4.82. The number of hydrogen-bond donors (Lipinski definition) is 2. The molecule has 0 spiro atoms. The van der Waals surface area contributed by atoms with Crippen molar-refractivity contribution in [3.8, 4) is 5.75 Å². The Morgan fingerprint density at radius 1 is 1.40 bits per heavy atom. The average Bonchev–Trinajstić information content (AvgIpc) is 2.21. The molecule has 0 aliphatic rings. The molecule has 0 fully saturated rings. The standard InChI is InChI=1S/C12H18BrNO/c1-4-8(2)14-9(3)11-7-10(13)5-6-12(11)15/h5-9,14-15H,4H2,1-3H3. The van der Waals surface area contributed by atoms with Crippen LogP contribution in [0.25, 0.3) is 0 Å². The van der Waals surface area contributed by atoms with Crippen molar-refractivity contribution in [3.63, 3.8) is 0 Å². The van der Waals surface area contributed by atoms with E-state index in [2.05, 4.69) is 42.0 Å². The van der Waals surface area contributed by atoms with E-state index in [-0.39, 0.29) is 6.04 Å². The van der Waals surface area contributed by atoms with Crippen molar-refractivity contribution in [2.24, 2.45) is 0 Å². The molecule has 84 valence electrons. The molecule has 0 bridgehead atoms. The van der Waals surface area contributed by atoms with Crippen LogP contribution in [-0.4, -0.2) is 11.1 Å². The van der Waals surface area contributed by atoms with E-state index in [9.17, 15) is 5.11 Å². The summed E-state index contributed by atoms with van der Waals surface area (Å²) in [4.78, 5) is 0. The smallest absolute Gasteiger partial charge is 0.120 e. The maximum absolute atomic E-state index is 9.73. The molecule has 0 saturated heterocycles. The van der Waals surface area contributed by atoms with Crippen LogP contribution in [0.3, 0.4) is 0 Å². The van der Waals surface area contributed by atoms with E-state index >= 15 is 0 Å². The zero-order chi connectivity index (χ0) is 11.4. The van der Waals surface area contributed by atoms with E-state index in [4.69, 9.17) is 0 Å². The second-order valence-electron chi connectivity index (χ2n) is 3.90. The lowest BCUT2D eigenvalue weighted by Gasteiger charge is -2.20. The van der Waals surface area contributed by atoms with Gasteiger partial charge >= 0.3 is 0 Å². The van der Waals surface area contributed by atoms with Crippen LogP contribution in [0.1, 0.15) is 38.8 Å². The minimum absolute atomic E-state index is 0.164. The van der Waals surface area contributed by atoms with Crippen molar-refractivity contribution in [1.82, 2.24) is 5.32 Å². The van der Waals surface area contributed by atoms with Gasteiger partial charge in [0.05, 0.1) is 0 Å². The van der Waals surface area contributed by atoms with Crippen molar-refractivity contribution in [2.45, 2.75) is 39.3 Å². The van der Waals surface area contributed by atoms with Crippen LogP contribution in [0.4, 0.5) is 0 Å². The molecule has 2 N–H and O–H groups in total. The Labute approximate surface area is 99.8 Å². The van der Waals surface area contributed by atoms with Gasteiger partial charge in [-0.15, -0.1) is 0 Å². The monoisotopic (exact) mass is 271 g/mol. The highest BCUT2D eigenvalue weighted by molar-refractivity contribution is 9.10. The van der Waals surface area contributed by atoms with Gasteiger partial charge in [0.1, 0.15) is 5.75 Å². The lowest BCUT2D eigenvalue weighted by molar-refractivity contribution is 0.430. The number of halogens is 1. The van der Waals surface area contributed by atoms with Crippen molar-refractivity contribution >= 4 is 15.9 Å². The maximum Gasteiger partial charge on any atom is 0.120 e. The summed E-state index contributed by atoms with van der Waals surface area (Å²) < 4.78 is 0.994. The average molecular weight is 272 g/mol.